The molecule has 0 saturated heterocycles. The Bertz CT molecular complexity index is 4140. The quantitative estimate of drug-likeness (QED) is 0.118. The summed E-state index contributed by atoms with van der Waals surface area (Å²) >= 11 is 1.86. The Morgan fingerprint density at radius 1 is 0.414 bits per heavy atom. The number of pyridine rings is 1. The van der Waals surface area contributed by atoms with Crippen molar-refractivity contribution in [3.05, 3.63) is 243 Å². The fraction of sp³-hybridized carbons (Fsp3) is 0. The third kappa shape index (κ3) is 5.45. The molecule has 0 fully saturated rings. The molecule has 328 valence electrons. The van der Waals surface area contributed by atoms with Crippen LogP contribution >= 0.6 is 11.3 Å². The number of imidazole rings is 2. The highest BCUT2D eigenvalue weighted by Crippen LogP contribution is 2.56. The number of rotatable bonds is 7. The van der Waals surface area contributed by atoms with Crippen molar-refractivity contribution in [3.8, 4) is 5.69 Å². The Hall–Kier alpha value is -8.70. The smallest absolute Gasteiger partial charge is 0.344 e. The fourth-order valence-corrected chi connectivity index (χ4v) is 18.1. The molecule has 7 nitrogen and oxygen atoms in total. The summed E-state index contributed by atoms with van der Waals surface area (Å²) in [7, 11) is -3.30. The van der Waals surface area contributed by atoms with Gasteiger partial charge >= 0.3 is 7.12 Å². The Labute approximate surface area is 409 Å². The maximum absolute atomic E-state index is 5.49. The number of fused-ring (bicyclic) bond motifs is 13. The van der Waals surface area contributed by atoms with Crippen molar-refractivity contribution in [2.75, 3.05) is 14.4 Å². The van der Waals surface area contributed by atoms with E-state index < -0.39 is 8.07 Å². The third-order valence-electron chi connectivity index (χ3n) is 14.6. The average molecular weight is 930 g/mol. The molecule has 2 aliphatic heterocycles. The summed E-state index contributed by atoms with van der Waals surface area (Å²) in [5.41, 5.74) is 12.1. The number of thiophene rings is 1. The molecule has 10 heteroatoms. The molecule has 0 atom stereocenters. The normalized spacial score (nSPS) is 13.3. The van der Waals surface area contributed by atoms with Crippen molar-refractivity contribution >= 4 is 130 Å². The standard InChI is InChI=1S/C60H40BN7SSi/c1-4-19-41(20-5-1)66-52-30-13-15-32-54(52)68-55-33-16-14-31-53(55)67(61(66)68)43-35-36-51-56(40-43)65-50-29-12-11-28-49(50)63-60(65)64(51)42-21-18-26-46(39-42)70(44-22-6-2-7-23-44,45-24-8-3-9-25-45)59-58-48(37-38-62-59)47-27-10-17-34-57(47)69-58/h1-40H. The molecule has 0 bridgehead atoms. The first-order valence-electron chi connectivity index (χ1n) is 23.8. The van der Waals surface area contributed by atoms with E-state index in [0.29, 0.717) is 0 Å². The van der Waals surface area contributed by atoms with Crippen molar-refractivity contribution in [2.45, 2.75) is 0 Å². The molecular formula is C60H40BN7SSi. The first-order chi connectivity index (χ1) is 34.8. The summed E-state index contributed by atoms with van der Waals surface area (Å²) in [6.45, 7) is 0. The van der Waals surface area contributed by atoms with Gasteiger partial charge in [-0.3, -0.25) is 14.0 Å². The lowest BCUT2D eigenvalue weighted by Gasteiger charge is -2.33. The number of hydrogen-bond donors (Lipinski definition) is 0. The summed E-state index contributed by atoms with van der Waals surface area (Å²) in [6.07, 6.45) is 2.03. The van der Waals surface area contributed by atoms with Crippen LogP contribution in [-0.2, 0) is 0 Å². The van der Waals surface area contributed by atoms with E-state index in [1.807, 2.05) is 17.5 Å². The van der Waals surface area contributed by atoms with E-state index in [2.05, 4.69) is 260 Å². The van der Waals surface area contributed by atoms with Crippen LogP contribution < -0.4 is 35.3 Å². The lowest BCUT2D eigenvalue weighted by atomic mass is 9.86. The van der Waals surface area contributed by atoms with Gasteiger partial charge in [-0.25, -0.2) is 4.98 Å². The Morgan fingerprint density at radius 3 is 1.73 bits per heavy atom. The van der Waals surface area contributed by atoms with Gasteiger partial charge < -0.3 is 14.4 Å². The summed E-state index contributed by atoms with van der Waals surface area (Å²) in [6, 6.07) is 86.4. The van der Waals surface area contributed by atoms with Crippen LogP contribution in [0.2, 0.25) is 0 Å². The highest BCUT2D eigenvalue weighted by atomic mass is 32.1. The maximum atomic E-state index is 5.49. The van der Waals surface area contributed by atoms with Gasteiger partial charge in [0.25, 0.3) is 0 Å². The van der Waals surface area contributed by atoms with Gasteiger partial charge in [0, 0.05) is 38.7 Å². The van der Waals surface area contributed by atoms with Crippen molar-refractivity contribution in [3.63, 3.8) is 0 Å². The molecule has 9 aromatic carbocycles. The van der Waals surface area contributed by atoms with E-state index in [-0.39, 0.29) is 7.12 Å². The molecule has 4 aromatic heterocycles. The summed E-state index contributed by atoms with van der Waals surface area (Å²) < 4.78 is 7.24. The zero-order valence-electron chi connectivity index (χ0n) is 37.7. The molecule has 0 spiro atoms. The van der Waals surface area contributed by atoms with Crippen molar-refractivity contribution in [1.29, 1.82) is 0 Å². The average Bonchev–Trinajstić information content (AvgIpc) is 4.23. The molecule has 2 aliphatic rings. The van der Waals surface area contributed by atoms with Gasteiger partial charge in [0.1, 0.15) is 0 Å². The SMILES string of the molecule is c1ccc(N2B3N(c4ccc5c(c4)n4c6ccccc6nc4n5-c4cccc([Si](c5ccccc5)(c5ccccc5)c5nccc6c5sc5ccccc56)c4)c4ccccc4N3c3ccccc32)cc1. The summed E-state index contributed by atoms with van der Waals surface area (Å²) in [4.78, 5) is 18.4. The number of benzene rings is 9. The molecule has 0 aliphatic carbocycles. The Morgan fingerprint density at radius 2 is 1.00 bits per heavy atom. The number of anilines is 6. The number of para-hydroxylation sites is 7. The summed E-state index contributed by atoms with van der Waals surface area (Å²) in [5, 5.41) is 7.49. The van der Waals surface area contributed by atoms with Crippen LogP contribution in [0, 0.1) is 0 Å². The van der Waals surface area contributed by atoms with Crippen LogP contribution in [0.25, 0.3) is 53.7 Å². The second-order valence-electron chi connectivity index (χ2n) is 18.2. The highest BCUT2D eigenvalue weighted by Gasteiger charge is 2.53. The summed E-state index contributed by atoms with van der Waals surface area (Å²) in [5.74, 6) is 0.865. The number of nitrogens with zero attached hydrogens (tertiary/aromatic N) is 7. The predicted octanol–water partition coefficient (Wildman–Crippen LogP) is 12.0. The van der Waals surface area contributed by atoms with Crippen molar-refractivity contribution in [2.24, 2.45) is 0 Å². The molecule has 13 aromatic rings. The zero-order valence-corrected chi connectivity index (χ0v) is 39.5. The van der Waals surface area contributed by atoms with Gasteiger partial charge in [-0.05, 0) is 107 Å². The van der Waals surface area contributed by atoms with Gasteiger partial charge in [-0.15, -0.1) is 11.3 Å². The van der Waals surface area contributed by atoms with E-state index in [1.165, 1.54) is 52.8 Å². The highest BCUT2D eigenvalue weighted by molar-refractivity contribution is 7.30. The van der Waals surface area contributed by atoms with Crippen LogP contribution in [0.15, 0.2) is 243 Å². The first kappa shape index (κ1) is 39.3. The lowest BCUT2D eigenvalue weighted by molar-refractivity contribution is 1.11. The van der Waals surface area contributed by atoms with Gasteiger partial charge in [0.15, 0.2) is 0 Å². The predicted molar refractivity (Wildman–Crippen MR) is 295 cm³/mol. The van der Waals surface area contributed by atoms with Crippen LogP contribution in [0.3, 0.4) is 0 Å². The second-order valence-corrected chi connectivity index (χ2v) is 22.9. The van der Waals surface area contributed by atoms with E-state index in [9.17, 15) is 0 Å². The maximum Gasteiger partial charge on any atom is 0.519 e. The Balaban J connectivity index is 0.977. The number of hydrogen-bond acceptors (Lipinski definition) is 6. The van der Waals surface area contributed by atoms with Gasteiger partial charge in [0.2, 0.25) is 13.9 Å². The van der Waals surface area contributed by atoms with Gasteiger partial charge in [0.05, 0.1) is 54.8 Å². The molecule has 6 heterocycles. The zero-order chi connectivity index (χ0) is 45.9. The van der Waals surface area contributed by atoms with Crippen molar-refractivity contribution < 1.29 is 0 Å². The topological polar surface area (TPSA) is 44.8 Å². The molecule has 0 amide bonds. The molecule has 0 N–H and O–H groups in total. The molecule has 0 saturated carbocycles. The van der Waals surface area contributed by atoms with Gasteiger partial charge in [-0.1, -0.05) is 146 Å². The van der Waals surface area contributed by atoms with Crippen LogP contribution in [-0.4, -0.2) is 34.1 Å². The van der Waals surface area contributed by atoms with Gasteiger partial charge in [-0.2, -0.15) is 0 Å². The molecular weight excluding hydrogens is 890 g/mol. The van der Waals surface area contributed by atoms with Crippen LogP contribution in [0.1, 0.15) is 0 Å². The second kappa shape index (κ2) is 15.2. The van der Waals surface area contributed by atoms with Crippen LogP contribution in [0.4, 0.5) is 34.1 Å². The fourth-order valence-electron chi connectivity index (χ4n) is 11.7. The monoisotopic (exact) mass is 929 g/mol. The van der Waals surface area contributed by atoms with E-state index >= 15 is 0 Å². The van der Waals surface area contributed by atoms with Crippen molar-refractivity contribution in [1.82, 2.24) is 18.9 Å². The number of aromatic nitrogens is 4. The molecule has 70 heavy (non-hydrogen) atoms. The minimum Gasteiger partial charge on any atom is -0.344 e. The first-order valence-corrected chi connectivity index (χ1v) is 26.6. The largest absolute Gasteiger partial charge is 0.519 e. The van der Waals surface area contributed by atoms with E-state index in [1.54, 1.807) is 0 Å². The minimum absolute atomic E-state index is 0.170. The molecule has 0 radical (unpaired) electrons. The molecule has 0 unspecified atom stereocenters. The minimum atomic E-state index is -3.13. The lowest BCUT2D eigenvalue weighted by Crippen LogP contribution is -2.75. The van der Waals surface area contributed by atoms with Crippen LogP contribution in [0.5, 0.6) is 0 Å². The Kier molecular flexibility index (Phi) is 8.51. The van der Waals surface area contributed by atoms with E-state index in [4.69, 9.17) is 9.97 Å². The molecule has 15 rings (SSSR count). The van der Waals surface area contributed by atoms with E-state index in [0.717, 1.165) is 55.9 Å². The third-order valence-corrected chi connectivity index (χ3v) is 20.6.